The summed E-state index contributed by atoms with van der Waals surface area (Å²) in [5.74, 6) is -0.447. The molecule has 0 aromatic carbocycles. The van der Waals surface area contributed by atoms with Crippen molar-refractivity contribution in [3.63, 3.8) is 0 Å². The first-order valence-corrected chi connectivity index (χ1v) is 27.8. The smallest absolute Gasteiger partial charge is 0.306 e. The monoisotopic (exact) mass is 864 g/mol. The van der Waals surface area contributed by atoms with Gasteiger partial charge in [0.1, 0.15) is 6.10 Å². The number of hydrogen-bond acceptors (Lipinski definition) is 5. The Morgan fingerprint density at radius 1 is 0.410 bits per heavy atom. The van der Waals surface area contributed by atoms with Crippen molar-refractivity contribution in [1.82, 2.24) is 5.32 Å². The molecule has 0 bridgehead atoms. The number of aliphatic hydroxyl groups excluding tert-OH is 2. The lowest BCUT2D eigenvalue weighted by atomic mass is 10.0. The number of unbranched alkanes of at least 4 members (excludes halogenated alkanes) is 39. The molecule has 6 heteroatoms. The third kappa shape index (κ3) is 45.2. The van der Waals surface area contributed by atoms with Crippen LogP contribution in [0.25, 0.3) is 0 Å². The van der Waals surface area contributed by atoms with Crippen molar-refractivity contribution in [1.29, 1.82) is 0 Å². The summed E-state index contributed by atoms with van der Waals surface area (Å²) in [5.41, 5.74) is 0. The van der Waals surface area contributed by atoms with Gasteiger partial charge < -0.3 is 20.3 Å². The summed E-state index contributed by atoms with van der Waals surface area (Å²) in [7, 11) is 0. The molecule has 0 aliphatic rings. The third-order valence-electron chi connectivity index (χ3n) is 13.2. The van der Waals surface area contributed by atoms with Crippen molar-refractivity contribution in [2.75, 3.05) is 6.61 Å². The van der Waals surface area contributed by atoms with Gasteiger partial charge in [-0.25, -0.2) is 0 Å². The molecule has 0 aliphatic heterocycles. The maximum atomic E-state index is 13.2. The molecular formula is C55H109NO5. The molecule has 0 aliphatic carbocycles. The fourth-order valence-electron chi connectivity index (χ4n) is 8.96. The van der Waals surface area contributed by atoms with Gasteiger partial charge in [-0.1, -0.05) is 278 Å². The number of nitrogens with one attached hydrogen (secondary N) is 1. The van der Waals surface area contributed by atoms with E-state index < -0.39 is 18.2 Å². The lowest BCUT2D eigenvalue weighted by Gasteiger charge is -2.24. The van der Waals surface area contributed by atoms with Crippen LogP contribution >= 0.6 is 0 Å². The van der Waals surface area contributed by atoms with Crippen LogP contribution in [0.4, 0.5) is 0 Å². The average Bonchev–Trinajstić information content (AvgIpc) is 3.25. The number of amides is 1. The Morgan fingerprint density at radius 2 is 0.689 bits per heavy atom. The number of esters is 1. The Hall–Kier alpha value is -1.14. The van der Waals surface area contributed by atoms with E-state index >= 15 is 0 Å². The second kappa shape index (κ2) is 49.9. The van der Waals surface area contributed by atoms with Gasteiger partial charge in [0.25, 0.3) is 0 Å². The van der Waals surface area contributed by atoms with Crippen LogP contribution in [0.15, 0.2) is 0 Å². The first-order valence-electron chi connectivity index (χ1n) is 27.8. The number of rotatable bonds is 51. The van der Waals surface area contributed by atoms with Crippen LogP contribution in [0.3, 0.4) is 0 Å². The summed E-state index contributed by atoms with van der Waals surface area (Å²) < 4.78 is 5.95. The number of hydrogen-bond donors (Lipinski definition) is 3. The van der Waals surface area contributed by atoms with E-state index in [1.165, 1.54) is 231 Å². The molecule has 6 nitrogen and oxygen atoms in total. The quantitative estimate of drug-likeness (QED) is 0.0418. The third-order valence-corrected chi connectivity index (χ3v) is 13.2. The maximum Gasteiger partial charge on any atom is 0.306 e. The van der Waals surface area contributed by atoms with E-state index in [4.69, 9.17) is 4.74 Å². The minimum atomic E-state index is -0.779. The number of aliphatic hydroxyl groups is 2. The van der Waals surface area contributed by atoms with Gasteiger partial charge in [0.15, 0.2) is 0 Å². The summed E-state index contributed by atoms with van der Waals surface area (Å²) in [6.45, 7) is 6.53. The molecular weight excluding hydrogens is 755 g/mol. The van der Waals surface area contributed by atoms with E-state index in [1.54, 1.807) is 0 Å². The van der Waals surface area contributed by atoms with E-state index in [-0.39, 0.29) is 24.9 Å². The topological polar surface area (TPSA) is 95.9 Å². The normalized spacial score (nSPS) is 13.1. The van der Waals surface area contributed by atoms with E-state index in [0.29, 0.717) is 19.3 Å². The zero-order chi connectivity index (χ0) is 44.5. The van der Waals surface area contributed by atoms with Gasteiger partial charge in [-0.15, -0.1) is 0 Å². The molecule has 0 spiro atoms. The maximum absolute atomic E-state index is 13.2. The predicted molar refractivity (Wildman–Crippen MR) is 264 cm³/mol. The highest BCUT2D eigenvalue weighted by Crippen LogP contribution is 2.19. The fraction of sp³-hybridized carbons (Fsp3) is 0.964. The predicted octanol–water partition coefficient (Wildman–Crippen LogP) is 16.7. The highest BCUT2D eigenvalue weighted by molar-refractivity contribution is 5.77. The number of carbonyl (C=O) groups excluding carboxylic acids is 2. The molecule has 0 saturated carbocycles. The van der Waals surface area contributed by atoms with Gasteiger partial charge in [-0.05, 0) is 25.7 Å². The van der Waals surface area contributed by atoms with Crippen molar-refractivity contribution in [3.05, 3.63) is 0 Å². The van der Waals surface area contributed by atoms with Crippen LogP contribution < -0.4 is 5.32 Å². The van der Waals surface area contributed by atoms with E-state index in [9.17, 15) is 19.8 Å². The van der Waals surface area contributed by atoms with Crippen LogP contribution in [-0.2, 0) is 14.3 Å². The van der Waals surface area contributed by atoms with Crippen molar-refractivity contribution in [2.24, 2.45) is 0 Å². The van der Waals surface area contributed by atoms with Gasteiger partial charge in [-0.3, -0.25) is 9.59 Å². The van der Waals surface area contributed by atoms with Crippen molar-refractivity contribution in [2.45, 2.75) is 334 Å². The minimum absolute atomic E-state index is 0.0883. The van der Waals surface area contributed by atoms with Crippen LogP contribution in [0.1, 0.15) is 316 Å². The zero-order valence-corrected chi connectivity index (χ0v) is 41.6. The van der Waals surface area contributed by atoms with Crippen molar-refractivity contribution >= 4 is 11.9 Å². The molecule has 61 heavy (non-hydrogen) atoms. The van der Waals surface area contributed by atoms with Gasteiger partial charge in [-0.2, -0.15) is 0 Å². The van der Waals surface area contributed by atoms with Gasteiger partial charge in [0.05, 0.1) is 25.2 Å². The van der Waals surface area contributed by atoms with Crippen LogP contribution in [0.5, 0.6) is 0 Å². The Kier molecular flexibility index (Phi) is 48.9. The molecule has 0 rings (SSSR count). The summed E-state index contributed by atoms with van der Waals surface area (Å²) in [6, 6.07) is -0.692. The summed E-state index contributed by atoms with van der Waals surface area (Å²) in [6.07, 6.45) is 54.5. The Morgan fingerprint density at radius 3 is 1.00 bits per heavy atom. The molecule has 0 radical (unpaired) electrons. The lowest BCUT2D eigenvalue weighted by Crippen LogP contribution is -2.46. The van der Waals surface area contributed by atoms with Crippen LogP contribution in [0.2, 0.25) is 0 Å². The van der Waals surface area contributed by atoms with Gasteiger partial charge in [0, 0.05) is 6.42 Å². The van der Waals surface area contributed by atoms with Crippen molar-refractivity contribution < 1.29 is 24.5 Å². The highest BCUT2D eigenvalue weighted by Gasteiger charge is 2.24. The average molecular weight is 864 g/mol. The molecule has 0 fully saturated rings. The summed E-state index contributed by atoms with van der Waals surface area (Å²) in [5, 5.41) is 23.8. The molecule has 0 aromatic heterocycles. The van der Waals surface area contributed by atoms with Crippen LogP contribution in [0, 0.1) is 0 Å². The number of carbonyl (C=O) groups is 2. The molecule has 364 valence electrons. The minimum Gasteiger partial charge on any atom is -0.462 e. The molecule has 0 aromatic rings. The molecule has 0 heterocycles. The first kappa shape index (κ1) is 59.9. The van der Waals surface area contributed by atoms with Crippen molar-refractivity contribution in [3.8, 4) is 0 Å². The molecule has 0 saturated heterocycles. The second-order valence-electron chi connectivity index (χ2n) is 19.4. The molecule has 3 atom stereocenters. The summed E-state index contributed by atoms with van der Waals surface area (Å²) in [4.78, 5) is 26.2. The molecule has 1 amide bonds. The molecule has 3 N–H and O–H groups in total. The summed E-state index contributed by atoms with van der Waals surface area (Å²) >= 11 is 0. The standard InChI is InChI=1S/C55H109NO5/c1-4-7-10-13-16-19-22-25-27-30-32-35-38-41-44-47-53(58)52(50-57)56-54(59)49-51(46-43-40-37-34-31-29-26-23-20-17-14-11-8-5-2)61-55(60)48-45-42-39-36-33-28-24-21-18-15-12-9-6-3/h51-53,57-58H,4-50H2,1-3H3,(H,56,59). The fourth-order valence-corrected chi connectivity index (χ4v) is 8.96. The molecule has 3 unspecified atom stereocenters. The van der Waals surface area contributed by atoms with E-state index in [2.05, 4.69) is 26.1 Å². The largest absolute Gasteiger partial charge is 0.462 e. The highest BCUT2D eigenvalue weighted by atomic mass is 16.5. The van der Waals surface area contributed by atoms with E-state index in [0.717, 1.165) is 38.5 Å². The lowest BCUT2D eigenvalue weighted by molar-refractivity contribution is -0.151. The van der Waals surface area contributed by atoms with E-state index in [1.807, 2.05) is 0 Å². The first-order chi connectivity index (χ1) is 30.0. The Balaban J connectivity index is 4.48. The second-order valence-corrected chi connectivity index (χ2v) is 19.4. The van der Waals surface area contributed by atoms with Gasteiger partial charge in [0.2, 0.25) is 5.91 Å². The zero-order valence-electron chi connectivity index (χ0n) is 41.6. The Bertz CT molecular complexity index is 882. The van der Waals surface area contributed by atoms with Gasteiger partial charge >= 0.3 is 5.97 Å². The van der Waals surface area contributed by atoms with Crippen LogP contribution in [-0.4, -0.2) is 46.9 Å². The Labute approximate surface area is 381 Å². The number of ether oxygens (including phenoxy) is 1. The SMILES string of the molecule is CCCCCCCCCCCCCCCCCC(O)C(CO)NC(=O)CC(CCCCCCCCCCCCCCCC)OC(=O)CCCCCCCCCCCCCCC.